The van der Waals surface area contributed by atoms with E-state index < -0.39 is 0 Å². The van der Waals surface area contributed by atoms with E-state index >= 15 is 0 Å². The van der Waals surface area contributed by atoms with Gasteiger partial charge in [0.25, 0.3) is 0 Å². The Bertz CT molecular complexity index is 347. The third-order valence-electron chi connectivity index (χ3n) is 3.12. The first-order chi connectivity index (χ1) is 8.34. The van der Waals surface area contributed by atoms with Crippen molar-refractivity contribution in [2.75, 3.05) is 6.54 Å². The van der Waals surface area contributed by atoms with Gasteiger partial charge in [0.2, 0.25) is 5.91 Å². The van der Waals surface area contributed by atoms with Gasteiger partial charge in [-0.25, -0.2) is 0 Å². The van der Waals surface area contributed by atoms with E-state index in [0.717, 1.165) is 5.56 Å². The Morgan fingerprint density at radius 3 is 2.94 bits per heavy atom. The van der Waals surface area contributed by atoms with E-state index in [9.17, 15) is 4.79 Å². The van der Waals surface area contributed by atoms with E-state index in [1.807, 2.05) is 12.1 Å². The molecule has 0 radical (unpaired) electrons. The van der Waals surface area contributed by atoms with Crippen molar-refractivity contribution in [1.29, 1.82) is 0 Å². The highest BCUT2D eigenvalue weighted by Crippen LogP contribution is 2.17. The molecular weight excluding hydrogens is 214 g/mol. The number of carbonyl (C=O) groups is 1. The summed E-state index contributed by atoms with van der Waals surface area (Å²) in [7, 11) is 0. The largest absolute Gasteiger partial charge is 0.351 e. The third-order valence-corrected chi connectivity index (χ3v) is 3.12. The van der Waals surface area contributed by atoms with Gasteiger partial charge < -0.3 is 10.6 Å². The zero-order valence-corrected chi connectivity index (χ0v) is 9.98. The van der Waals surface area contributed by atoms with E-state index in [1.54, 1.807) is 12.4 Å². The molecule has 1 amide bonds. The van der Waals surface area contributed by atoms with Crippen molar-refractivity contribution in [2.24, 2.45) is 0 Å². The molecule has 0 spiro atoms. The number of nitrogens with one attached hydrogen (secondary N) is 2. The molecule has 1 aliphatic carbocycles. The van der Waals surface area contributed by atoms with Crippen LogP contribution in [0.15, 0.2) is 24.5 Å². The van der Waals surface area contributed by atoms with E-state index in [-0.39, 0.29) is 5.91 Å². The molecule has 2 N–H and O–H groups in total. The van der Waals surface area contributed by atoms with Crippen LogP contribution in [-0.2, 0) is 11.3 Å². The number of hydrogen-bond acceptors (Lipinski definition) is 3. The number of pyridine rings is 1. The van der Waals surface area contributed by atoms with Gasteiger partial charge in [0.05, 0.1) is 6.54 Å². The number of rotatable bonds is 5. The molecule has 0 aliphatic heterocycles. The summed E-state index contributed by atoms with van der Waals surface area (Å²) in [6.45, 7) is 0.976. The zero-order chi connectivity index (χ0) is 11.9. The number of aromatic nitrogens is 1. The second kappa shape index (κ2) is 6.35. The molecule has 0 unspecified atom stereocenters. The lowest BCUT2D eigenvalue weighted by Gasteiger charge is -2.11. The fourth-order valence-electron chi connectivity index (χ4n) is 2.13. The van der Waals surface area contributed by atoms with Crippen LogP contribution in [0, 0.1) is 0 Å². The number of amides is 1. The van der Waals surface area contributed by atoms with Gasteiger partial charge in [-0.2, -0.15) is 0 Å². The van der Waals surface area contributed by atoms with E-state index in [0.29, 0.717) is 19.1 Å². The van der Waals surface area contributed by atoms with Crippen LogP contribution in [0.3, 0.4) is 0 Å². The molecule has 1 aliphatic rings. The number of carbonyl (C=O) groups excluding carboxylic acids is 1. The first-order valence-corrected chi connectivity index (χ1v) is 6.23. The van der Waals surface area contributed by atoms with Crippen LogP contribution in [0.4, 0.5) is 0 Å². The normalized spacial score (nSPS) is 16.0. The summed E-state index contributed by atoms with van der Waals surface area (Å²) < 4.78 is 0. The molecule has 0 atom stereocenters. The van der Waals surface area contributed by atoms with Crippen LogP contribution >= 0.6 is 0 Å². The highest BCUT2D eigenvalue weighted by Gasteiger charge is 2.14. The molecule has 17 heavy (non-hydrogen) atoms. The minimum absolute atomic E-state index is 0.0563. The maximum absolute atomic E-state index is 11.6. The van der Waals surface area contributed by atoms with Crippen molar-refractivity contribution in [1.82, 2.24) is 15.6 Å². The Kier molecular flexibility index (Phi) is 4.50. The summed E-state index contributed by atoms with van der Waals surface area (Å²) in [5.74, 6) is 0.0563. The molecule has 92 valence electrons. The molecule has 1 saturated carbocycles. The van der Waals surface area contributed by atoms with E-state index in [4.69, 9.17) is 0 Å². The second-order valence-electron chi connectivity index (χ2n) is 4.50. The van der Waals surface area contributed by atoms with Gasteiger partial charge in [0, 0.05) is 25.0 Å². The van der Waals surface area contributed by atoms with Crippen molar-refractivity contribution in [2.45, 2.75) is 38.3 Å². The van der Waals surface area contributed by atoms with Gasteiger partial charge in [-0.1, -0.05) is 18.9 Å². The average molecular weight is 233 g/mol. The molecule has 0 saturated heterocycles. The summed E-state index contributed by atoms with van der Waals surface area (Å²) in [4.78, 5) is 15.6. The zero-order valence-electron chi connectivity index (χ0n) is 9.98. The summed E-state index contributed by atoms with van der Waals surface area (Å²) in [5, 5.41) is 6.17. The van der Waals surface area contributed by atoms with Gasteiger partial charge in [-0.3, -0.25) is 9.78 Å². The van der Waals surface area contributed by atoms with Crippen molar-refractivity contribution < 1.29 is 4.79 Å². The van der Waals surface area contributed by atoms with Crippen LogP contribution in [0.5, 0.6) is 0 Å². The summed E-state index contributed by atoms with van der Waals surface area (Å²) in [5.41, 5.74) is 1.03. The van der Waals surface area contributed by atoms with Crippen LogP contribution in [0.25, 0.3) is 0 Å². The Hall–Kier alpha value is -1.42. The maximum atomic E-state index is 11.6. The molecule has 1 heterocycles. The highest BCUT2D eigenvalue weighted by atomic mass is 16.1. The lowest BCUT2D eigenvalue weighted by Crippen LogP contribution is -2.37. The molecule has 2 rings (SSSR count). The molecule has 4 nitrogen and oxygen atoms in total. The second-order valence-corrected chi connectivity index (χ2v) is 4.50. The van der Waals surface area contributed by atoms with Crippen LogP contribution in [-0.4, -0.2) is 23.5 Å². The predicted octanol–water partition coefficient (Wildman–Crippen LogP) is 1.23. The van der Waals surface area contributed by atoms with Gasteiger partial charge in [-0.05, 0) is 24.5 Å². The van der Waals surface area contributed by atoms with Gasteiger partial charge in [0.15, 0.2) is 0 Å². The standard InChI is InChI=1S/C13H19N3O/c17-13(10-15-12-5-1-2-6-12)16-9-11-4-3-7-14-8-11/h3-4,7-8,12,15H,1-2,5-6,9-10H2,(H,16,17). The van der Waals surface area contributed by atoms with Crippen molar-refractivity contribution >= 4 is 5.91 Å². The quantitative estimate of drug-likeness (QED) is 0.804. The molecule has 1 aromatic heterocycles. The SMILES string of the molecule is O=C(CNC1CCCC1)NCc1cccnc1. The Morgan fingerprint density at radius 1 is 1.41 bits per heavy atom. The van der Waals surface area contributed by atoms with Crippen molar-refractivity contribution in [3.05, 3.63) is 30.1 Å². The average Bonchev–Trinajstić information content (AvgIpc) is 2.88. The van der Waals surface area contributed by atoms with Crippen molar-refractivity contribution in [3.8, 4) is 0 Å². The third kappa shape index (κ3) is 4.15. The Balaban J connectivity index is 1.64. The Labute approximate surface area is 102 Å². The first-order valence-electron chi connectivity index (χ1n) is 6.23. The summed E-state index contributed by atoms with van der Waals surface area (Å²) in [6, 6.07) is 4.37. The van der Waals surface area contributed by atoms with Gasteiger partial charge in [0.1, 0.15) is 0 Å². The highest BCUT2D eigenvalue weighted by molar-refractivity contribution is 5.77. The molecule has 4 heteroatoms. The van der Waals surface area contributed by atoms with E-state index in [1.165, 1.54) is 25.7 Å². The number of nitrogens with zero attached hydrogens (tertiary/aromatic N) is 1. The maximum Gasteiger partial charge on any atom is 0.234 e. The molecular formula is C13H19N3O. The molecule has 0 aromatic carbocycles. The van der Waals surface area contributed by atoms with Crippen LogP contribution in [0.2, 0.25) is 0 Å². The lowest BCUT2D eigenvalue weighted by atomic mass is 10.2. The molecule has 1 aromatic rings. The monoisotopic (exact) mass is 233 g/mol. The first kappa shape index (κ1) is 12.0. The minimum atomic E-state index is 0.0563. The fraction of sp³-hybridized carbons (Fsp3) is 0.538. The van der Waals surface area contributed by atoms with E-state index in [2.05, 4.69) is 15.6 Å². The predicted molar refractivity (Wildman–Crippen MR) is 66.3 cm³/mol. The van der Waals surface area contributed by atoms with Crippen LogP contribution < -0.4 is 10.6 Å². The summed E-state index contributed by atoms with van der Waals surface area (Å²) in [6.07, 6.45) is 8.48. The smallest absolute Gasteiger partial charge is 0.234 e. The van der Waals surface area contributed by atoms with Gasteiger partial charge in [-0.15, -0.1) is 0 Å². The molecule has 0 bridgehead atoms. The number of hydrogen-bond donors (Lipinski definition) is 2. The fourth-order valence-corrected chi connectivity index (χ4v) is 2.13. The lowest BCUT2D eigenvalue weighted by molar-refractivity contribution is -0.120. The summed E-state index contributed by atoms with van der Waals surface area (Å²) >= 11 is 0. The Morgan fingerprint density at radius 2 is 2.24 bits per heavy atom. The van der Waals surface area contributed by atoms with Crippen molar-refractivity contribution in [3.63, 3.8) is 0 Å². The topological polar surface area (TPSA) is 54.0 Å². The molecule has 1 fully saturated rings. The van der Waals surface area contributed by atoms with Crippen LogP contribution in [0.1, 0.15) is 31.2 Å². The van der Waals surface area contributed by atoms with Gasteiger partial charge >= 0.3 is 0 Å². The minimum Gasteiger partial charge on any atom is -0.351 e.